The van der Waals surface area contributed by atoms with Crippen molar-refractivity contribution in [2.45, 2.75) is 101 Å². The summed E-state index contributed by atoms with van der Waals surface area (Å²) in [6.07, 6.45) is -5.76. The summed E-state index contributed by atoms with van der Waals surface area (Å²) in [5, 5.41) is 20.8. The number of anilines is 2. The van der Waals surface area contributed by atoms with E-state index in [1.54, 1.807) is 0 Å². The highest BCUT2D eigenvalue weighted by Gasteiger charge is 2.68. The fraction of sp³-hybridized carbons (Fsp3) is 0.306. The van der Waals surface area contributed by atoms with E-state index < -0.39 is 187 Å². The van der Waals surface area contributed by atoms with Gasteiger partial charge in [0.15, 0.2) is 11.6 Å². The molecule has 0 saturated heterocycles. The molecule has 1 unspecified atom stereocenters. The fourth-order valence-electron chi connectivity index (χ4n) is 15.5. The third-order valence-corrected chi connectivity index (χ3v) is 22.1. The molecule has 2 saturated carbocycles. The van der Waals surface area contributed by atoms with E-state index >= 15 is 26.3 Å². The SMILES string of the molecule is Cc1c(F)ccc2c(=O)n(-c3ccc(Cl)c4c(NS(C)(=O)=O)nn(C)c34)c(C(Cc3cc(F)cc(F)c3)NC(=O)Cn3nc(C(F)F)c4c3C(F)(F)[C@@H]3C[C@H]43)nc12.Cc1c(F)ccc2c(=O)n(-c3ccc(Cl)c4c(NS(C)(=O)=O)nn(C)c34)c([C@H](Cc3cc(F)cc(F)c3)NC(=O)Cn3nc(C(F)F)c4c3C(F)(F)[C@@H]3C[C@H]43)nc12. The van der Waals surface area contributed by atoms with E-state index in [0.717, 1.165) is 58.0 Å². The van der Waals surface area contributed by atoms with Crippen LogP contribution in [0.1, 0.15) is 117 Å². The van der Waals surface area contributed by atoms with Gasteiger partial charge in [-0.2, -0.15) is 38.0 Å². The Bertz CT molecular complexity index is 6110. The van der Waals surface area contributed by atoms with Crippen LogP contribution in [-0.2, 0) is 81.5 Å². The number of aromatic nitrogens is 12. The number of alkyl halides is 8. The van der Waals surface area contributed by atoms with Gasteiger partial charge in [-0.05, 0) is 122 Å². The van der Waals surface area contributed by atoms with E-state index in [-0.39, 0.29) is 135 Å². The van der Waals surface area contributed by atoms with Gasteiger partial charge in [0.05, 0.1) is 89.6 Å². The summed E-state index contributed by atoms with van der Waals surface area (Å²) in [5.41, 5.74) is -6.34. The lowest BCUT2D eigenvalue weighted by atomic mass is 10.0. The van der Waals surface area contributed by atoms with E-state index in [1.165, 1.54) is 73.7 Å². The Morgan fingerprint density at radius 3 is 1.22 bits per heavy atom. The minimum atomic E-state index is -3.92. The third-order valence-electron chi connectivity index (χ3n) is 20.3. The number of benzene rings is 6. The summed E-state index contributed by atoms with van der Waals surface area (Å²) < 4.78 is 265. The van der Waals surface area contributed by atoms with E-state index in [9.17, 15) is 71.1 Å². The molecule has 6 heterocycles. The van der Waals surface area contributed by atoms with Crippen LogP contribution >= 0.6 is 23.2 Å². The van der Waals surface area contributed by atoms with Crippen molar-refractivity contribution in [2.75, 3.05) is 22.0 Å². The molecule has 6 atom stereocenters. The minimum absolute atomic E-state index is 0.00119. The first-order valence-corrected chi connectivity index (χ1v) is 38.8. The van der Waals surface area contributed by atoms with Gasteiger partial charge in [0.25, 0.3) is 35.8 Å². The predicted octanol–water partition coefficient (Wildman–Crippen LogP) is 12.9. The van der Waals surface area contributed by atoms with Gasteiger partial charge in [-0.15, -0.1) is 0 Å². The second-order valence-corrected chi connectivity index (χ2v) is 32.5. The number of hydrogen-bond acceptors (Lipinski definition) is 14. The third kappa shape index (κ3) is 13.8. The van der Waals surface area contributed by atoms with E-state index in [2.05, 4.69) is 50.4 Å². The van der Waals surface area contributed by atoms with Gasteiger partial charge >= 0.3 is 0 Å². The van der Waals surface area contributed by atoms with Gasteiger partial charge in [0, 0.05) is 73.2 Å². The molecule has 16 rings (SSSR count). The molecule has 42 heteroatoms. The molecule has 0 aliphatic heterocycles. The number of nitrogens with one attached hydrogen (secondary N) is 4. The van der Waals surface area contributed by atoms with Crippen molar-refractivity contribution in [1.29, 1.82) is 0 Å². The molecular formula is C72H56Cl2F14N16O8S2. The van der Waals surface area contributed by atoms with Crippen LogP contribution in [0, 0.1) is 60.6 Å². The van der Waals surface area contributed by atoms with Crippen molar-refractivity contribution < 1.29 is 87.9 Å². The van der Waals surface area contributed by atoms with Crippen molar-refractivity contribution in [3.63, 3.8) is 0 Å². The lowest BCUT2D eigenvalue weighted by molar-refractivity contribution is -0.123. The number of hydrogen-bond donors (Lipinski definition) is 4. The second kappa shape index (κ2) is 27.9. The Morgan fingerprint density at radius 1 is 0.535 bits per heavy atom. The van der Waals surface area contributed by atoms with Crippen molar-refractivity contribution in [3.8, 4) is 11.4 Å². The fourth-order valence-corrected chi connectivity index (χ4v) is 17.0. The minimum Gasteiger partial charge on any atom is -0.344 e. The summed E-state index contributed by atoms with van der Waals surface area (Å²) >= 11 is 13.1. The highest BCUT2D eigenvalue weighted by atomic mass is 35.5. The smallest absolute Gasteiger partial charge is 0.293 e. The van der Waals surface area contributed by atoms with E-state index in [4.69, 9.17) is 23.2 Å². The van der Waals surface area contributed by atoms with Crippen LogP contribution in [-0.4, -0.2) is 99.4 Å². The molecule has 6 aromatic heterocycles. The Morgan fingerprint density at radius 2 is 0.886 bits per heavy atom. The van der Waals surface area contributed by atoms with Gasteiger partial charge in [-0.1, -0.05) is 23.2 Å². The lowest BCUT2D eigenvalue weighted by Crippen LogP contribution is -2.38. The quantitative estimate of drug-likeness (QED) is 0.0516. The normalized spacial score (nSPS) is 17.6. The predicted molar refractivity (Wildman–Crippen MR) is 385 cm³/mol. The number of fused-ring (bicyclic) bond motifs is 10. The zero-order chi connectivity index (χ0) is 82.1. The maximum absolute atomic E-state index is 15.4. The Hall–Kier alpha value is -11.0. The number of rotatable bonds is 20. The molecule has 2 amide bonds. The maximum atomic E-state index is 15.4. The van der Waals surface area contributed by atoms with Crippen LogP contribution in [0.15, 0.2) is 94.5 Å². The van der Waals surface area contributed by atoms with Crippen LogP contribution in [0.25, 0.3) is 55.0 Å². The number of sulfonamides is 2. The number of halogens is 16. The highest BCUT2D eigenvalue weighted by molar-refractivity contribution is 7.92. The highest BCUT2D eigenvalue weighted by Crippen LogP contribution is 2.69. The summed E-state index contributed by atoms with van der Waals surface area (Å²) in [6.45, 7) is 0.637. The summed E-state index contributed by atoms with van der Waals surface area (Å²) in [7, 11) is -5.01. The molecular weight excluding hydrogens is 1620 g/mol. The first kappa shape index (κ1) is 78.3. The van der Waals surface area contributed by atoms with Crippen LogP contribution < -0.4 is 31.2 Å². The molecule has 0 bridgehead atoms. The number of carbonyl (C=O) groups is 2. The molecule has 6 aromatic carbocycles. The Kier molecular flexibility index (Phi) is 19.2. The van der Waals surface area contributed by atoms with Crippen molar-refractivity contribution >= 4 is 110 Å². The standard InChI is InChI=1S/2C36H28ClF7N8O4S/c2*1-14-22(40)6-4-18-28(14)46-34(52(35(18)54)24-7-5-21(37)27-30(24)50(2)48-33(27)49-57(3,55)56)23(10-15-8-16(38)11-17(39)9-15)45-25(53)13-51-31-26(29(47-51)32(41)42)19-12-20(19)36(31,43)44/h2*4-9,11,19-20,23,32H,10,12-13H2,1-3H3,(H,45,53)(H,48,49)/t19-,20+,23?;19-,20+,23-/m00/s1. The topological polar surface area (TPSA) is 292 Å². The van der Waals surface area contributed by atoms with E-state index in [1.807, 2.05) is 0 Å². The maximum Gasteiger partial charge on any atom is 0.293 e. The van der Waals surface area contributed by atoms with Gasteiger partial charge < -0.3 is 10.6 Å². The average Bonchev–Trinajstić information content (AvgIpc) is 1.52. The zero-order valence-electron chi connectivity index (χ0n) is 59.4. The molecule has 12 aromatic rings. The molecule has 4 N–H and O–H groups in total. The molecule has 4 aliphatic rings. The van der Waals surface area contributed by atoms with Crippen molar-refractivity contribution in [1.82, 2.24) is 68.9 Å². The molecule has 0 radical (unpaired) electrons. The van der Waals surface area contributed by atoms with Crippen molar-refractivity contribution in [2.24, 2.45) is 25.9 Å². The van der Waals surface area contributed by atoms with Gasteiger partial charge in [-0.25, -0.2) is 70.7 Å². The number of carbonyl (C=O) groups excluding carboxylic acids is 2. The first-order valence-electron chi connectivity index (χ1n) is 34.2. The molecule has 4 aliphatic carbocycles. The zero-order valence-corrected chi connectivity index (χ0v) is 62.6. The second-order valence-electron chi connectivity index (χ2n) is 28.2. The molecule has 24 nitrogen and oxygen atoms in total. The average molecular weight is 1670 g/mol. The van der Waals surface area contributed by atoms with Gasteiger partial charge in [0.1, 0.15) is 82.4 Å². The first-order chi connectivity index (χ1) is 53.5. The van der Waals surface area contributed by atoms with Gasteiger partial charge in [-0.3, -0.25) is 56.5 Å². The molecule has 2 fully saturated rings. The summed E-state index contributed by atoms with van der Waals surface area (Å²) in [6, 6.07) is 11.5. The van der Waals surface area contributed by atoms with E-state index in [0.29, 0.717) is 21.5 Å². The van der Waals surface area contributed by atoms with Crippen LogP contribution in [0.5, 0.6) is 0 Å². The van der Waals surface area contributed by atoms with Crippen LogP contribution in [0.3, 0.4) is 0 Å². The monoisotopic (exact) mass is 1670 g/mol. The molecule has 596 valence electrons. The number of aryl methyl sites for hydroxylation is 4. The van der Waals surface area contributed by atoms with Gasteiger partial charge in [0.2, 0.25) is 31.9 Å². The molecule has 114 heavy (non-hydrogen) atoms. The summed E-state index contributed by atoms with van der Waals surface area (Å²) in [4.78, 5) is 66.5. The van der Waals surface area contributed by atoms with Crippen molar-refractivity contribution in [3.05, 3.63) is 218 Å². The Labute approximate surface area is 642 Å². The largest absolute Gasteiger partial charge is 0.344 e. The Balaban J connectivity index is 0.000000180. The number of nitrogens with zero attached hydrogens (tertiary/aromatic N) is 12. The lowest BCUT2D eigenvalue weighted by Gasteiger charge is -2.24. The van der Waals surface area contributed by atoms with Crippen LogP contribution in [0.2, 0.25) is 10.0 Å². The summed E-state index contributed by atoms with van der Waals surface area (Å²) in [5.74, 6) is -20.2. The molecule has 0 spiro atoms. The van der Waals surface area contributed by atoms with Crippen LogP contribution in [0.4, 0.5) is 73.1 Å². The number of amides is 2.